The van der Waals surface area contributed by atoms with Crippen molar-refractivity contribution in [2.45, 2.75) is 58.3 Å². The van der Waals surface area contributed by atoms with E-state index in [1.807, 2.05) is 39.8 Å². The smallest absolute Gasteiger partial charge is 0.410 e. The van der Waals surface area contributed by atoms with Crippen LogP contribution in [0.25, 0.3) is 11.3 Å². The summed E-state index contributed by atoms with van der Waals surface area (Å²) in [6.07, 6.45) is 4.44. The number of carbonyl (C=O) groups excluding carboxylic acids is 2. The maximum Gasteiger partial charge on any atom is 0.410 e. The van der Waals surface area contributed by atoms with E-state index in [-0.39, 0.29) is 24.1 Å². The van der Waals surface area contributed by atoms with Crippen molar-refractivity contribution >= 4 is 12.0 Å². The molecule has 8 heteroatoms. The third-order valence-corrected chi connectivity index (χ3v) is 5.43. The number of H-pyrrole nitrogens is 1. The first-order chi connectivity index (χ1) is 14.2. The van der Waals surface area contributed by atoms with Crippen LogP contribution in [0, 0.1) is 0 Å². The Balaban J connectivity index is 1.51. The Kier molecular flexibility index (Phi) is 5.17. The fraction of sp³-hybridized carbons (Fsp3) is 0.500. The number of aromatic nitrogens is 2. The number of rotatable bonds is 4. The monoisotopic (exact) mass is 412 g/mol. The Bertz CT molecular complexity index is 962. The highest BCUT2D eigenvalue weighted by molar-refractivity contribution is 5.98. The minimum absolute atomic E-state index is 0.0597. The summed E-state index contributed by atoms with van der Waals surface area (Å²) in [5.41, 5.74) is 2.72. The molecule has 0 spiro atoms. The molecular weight excluding hydrogens is 384 g/mol. The molecule has 0 radical (unpaired) electrons. The van der Waals surface area contributed by atoms with E-state index in [0.29, 0.717) is 24.4 Å². The average Bonchev–Trinajstić information content (AvgIpc) is 3.05. The van der Waals surface area contributed by atoms with Gasteiger partial charge in [-0.2, -0.15) is 0 Å². The summed E-state index contributed by atoms with van der Waals surface area (Å²) in [5, 5.41) is 2.86. The largest absolute Gasteiger partial charge is 0.486 e. The molecule has 0 bridgehead atoms. The number of fused-ring (bicyclic) bond motifs is 1. The van der Waals surface area contributed by atoms with Crippen molar-refractivity contribution < 1.29 is 19.1 Å². The molecule has 0 aromatic carbocycles. The molecule has 160 valence electrons. The number of amides is 2. The Morgan fingerprint density at radius 1 is 1.33 bits per heavy atom. The number of aromatic amines is 1. The van der Waals surface area contributed by atoms with Crippen molar-refractivity contribution in [1.82, 2.24) is 20.2 Å². The Hall–Kier alpha value is -3.03. The van der Waals surface area contributed by atoms with Gasteiger partial charge in [0.05, 0.1) is 23.5 Å². The summed E-state index contributed by atoms with van der Waals surface area (Å²) in [5.74, 6) is 0.547. The second-order valence-electron chi connectivity index (χ2n) is 8.81. The zero-order valence-electron chi connectivity index (χ0n) is 17.8. The standard InChI is InChI=1S/C22H28N4O4/c1-13(18-7-10-26(18)21(28)30-22(2,3)4)29-19-12-23-8-5-14(19)17-11-15-16(25-17)6-9-24-20(15)27/h5,8,11-13,18,25H,6-7,9-10H2,1-4H3,(H,24,27)/t13-,18-/m1/s1. The van der Waals surface area contributed by atoms with Gasteiger partial charge in [0.1, 0.15) is 17.5 Å². The molecule has 4 rings (SSSR count). The first-order valence-electron chi connectivity index (χ1n) is 10.3. The second-order valence-corrected chi connectivity index (χ2v) is 8.81. The first kappa shape index (κ1) is 20.3. The Morgan fingerprint density at radius 3 is 2.80 bits per heavy atom. The van der Waals surface area contributed by atoms with Crippen LogP contribution in [0.1, 0.15) is 50.2 Å². The van der Waals surface area contributed by atoms with Crippen molar-refractivity contribution in [3.8, 4) is 17.0 Å². The van der Waals surface area contributed by atoms with Crippen molar-refractivity contribution in [1.29, 1.82) is 0 Å². The van der Waals surface area contributed by atoms with Gasteiger partial charge in [-0.1, -0.05) is 0 Å². The topological polar surface area (TPSA) is 96.5 Å². The Labute approximate surface area is 176 Å². The van der Waals surface area contributed by atoms with Gasteiger partial charge >= 0.3 is 6.09 Å². The van der Waals surface area contributed by atoms with Crippen LogP contribution in [0.5, 0.6) is 5.75 Å². The number of pyridine rings is 1. The van der Waals surface area contributed by atoms with Gasteiger partial charge in [0.2, 0.25) is 0 Å². The number of hydrogen-bond acceptors (Lipinski definition) is 5. The zero-order valence-corrected chi connectivity index (χ0v) is 17.8. The lowest BCUT2D eigenvalue weighted by Crippen LogP contribution is -2.58. The van der Waals surface area contributed by atoms with E-state index in [2.05, 4.69) is 15.3 Å². The van der Waals surface area contributed by atoms with Crippen LogP contribution >= 0.6 is 0 Å². The van der Waals surface area contributed by atoms with Gasteiger partial charge in [-0.25, -0.2) is 4.79 Å². The molecule has 2 aliphatic rings. The number of ether oxygens (including phenoxy) is 2. The SMILES string of the molecule is C[C@@H](Oc1cnccc1-c1cc2c([nH]1)CCNC2=O)[C@H]1CCN1C(=O)OC(C)(C)C. The van der Waals surface area contributed by atoms with E-state index in [9.17, 15) is 9.59 Å². The highest BCUT2D eigenvalue weighted by Crippen LogP contribution is 2.33. The van der Waals surface area contributed by atoms with E-state index in [1.54, 1.807) is 17.3 Å². The zero-order chi connectivity index (χ0) is 21.5. The fourth-order valence-corrected chi connectivity index (χ4v) is 3.86. The predicted molar refractivity (Wildman–Crippen MR) is 111 cm³/mol. The maximum absolute atomic E-state index is 12.4. The molecule has 1 fully saturated rings. The predicted octanol–water partition coefficient (Wildman–Crippen LogP) is 3.14. The van der Waals surface area contributed by atoms with Crippen LogP contribution in [0.2, 0.25) is 0 Å². The number of likely N-dealkylation sites (tertiary alicyclic amines) is 1. The maximum atomic E-state index is 12.4. The molecule has 2 aromatic heterocycles. The van der Waals surface area contributed by atoms with Gasteiger partial charge in [0.15, 0.2) is 0 Å². The molecule has 30 heavy (non-hydrogen) atoms. The summed E-state index contributed by atoms with van der Waals surface area (Å²) >= 11 is 0. The highest BCUT2D eigenvalue weighted by atomic mass is 16.6. The number of carbonyl (C=O) groups is 2. The van der Waals surface area contributed by atoms with E-state index in [1.165, 1.54) is 0 Å². The van der Waals surface area contributed by atoms with Gasteiger partial charge in [0, 0.05) is 37.0 Å². The summed E-state index contributed by atoms with van der Waals surface area (Å²) in [4.78, 5) is 33.8. The lowest BCUT2D eigenvalue weighted by molar-refractivity contribution is -0.0300. The van der Waals surface area contributed by atoms with Crippen molar-refractivity contribution in [2.24, 2.45) is 0 Å². The normalized spacial score (nSPS) is 19.4. The second kappa shape index (κ2) is 7.66. The van der Waals surface area contributed by atoms with Crippen molar-refractivity contribution in [3.05, 3.63) is 35.8 Å². The van der Waals surface area contributed by atoms with Crippen LogP contribution in [-0.2, 0) is 11.2 Å². The van der Waals surface area contributed by atoms with Gasteiger partial charge < -0.3 is 24.7 Å². The first-order valence-corrected chi connectivity index (χ1v) is 10.3. The van der Waals surface area contributed by atoms with Gasteiger partial charge in [0.25, 0.3) is 5.91 Å². The van der Waals surface area contributed by atoms with Crippen LogP contribution < -0.4 is 10.1 Å². The Morgan fingerprint density at radius 2 is 2.13 bits per heavy atom. The lowest BCUT2D eigenvalue weighted by Gasteiger charge is -2.44. The van der Waals surface area contributed by atoms with Gasteiger partial charge in [-0.05, 0) is 46.2 Å². The number of hydrogen-bond donors (Lipinski definition) is 2. The van der Waals surface area contributed by atoms with E-state index < -0.39 is 5.60 Å². The molecule has 2 aromatic rings. The molecule has 2 aliphatic heterocycles. The quantitative estimate of drug-likeness (QED) is 0.804. The molecule has 2 amide bonds. The minimum Gasteiger partial charge on any atom is -0.486 e. The molecule has 8 nitrogen and oxygen atoms in total. The van der Waals surface area contributed by atoms with Crippen LogP contribution in [0.15, 0.2) is 24.5 Å². The van der Waals surface area contributed by atoms with Crippen LogP contribution in [0.4, 0.5) is 4.79 Å². The molecule has 1 saturated heterocycles. The van der Waals surface area contributed by atoms with Crippen LogP contribution in [-0.4, -0.2) is 57.7 Å². The molecule has 4 heterocycles. The summed E-state index contributed by atoms with van der Waals surface area (Å²) in [6, 6.07) is 3.66. The van der Waals surface area contributed by atoms with Gasteiger partial charge in [-0.3, -0.25) is 9.78 Å². The number of nitrogens with zero attached hydrogens (tertiary/aromatic N) is 2. The lowest BCUT2D eigenvalue weighted by atomic mass is 9.98. The van der Waals surface area contributed by atoms with Crippen LogP contribution in [0.3, 0.4) is 0 Å². The van der Waals surface area contributed by atoms with E-state index in [0.717, 1.165) is 29.8 Å². The molecule has 0 unspecified atom stereocenters. The molecule has 0 aliphatic carbocycles. The average molecular weight is 412 g/mol. The minimum atomic E-state index is -0.531. The third kappa shape index (κ3) is 3.99. The highest BCUT2D eigenvalue weighted by Gasteiger charge is 2.39. The number of nitrogens with one attached hydrogen (secondary N) is 2. The fourth-order valence-electron chi connectivity index (χ4n) is 3.86. The van der Waals surface area contributed by atoms with Crippen molar-refractivity contribution in [3.63, 3.8) is 0 Å². The summed E-state index contributed by atoms with van der Waals surface area (Å²) < 4.78 is 11.7. The van der Waals surface area contributed by atoms with Crippen molar-refractivity contribution in [2.75, 3.05) is 13.1 Å². The molecule has 2 N–H and O–H groups in total. The summed E-state index contributed by atoms with van der Waals surface area (Å²) in [6.45, 7) is 8.81. The molecule has 2 atom stereocenters. The molecule has 0 saturated carbocycles. The van der Waals surface area contributed by atoms with Gasteiger partial charge in [-0.15, -0.1) is 0 Å². The summed E-state index contributed by atoms with van der Waals surface area (Å²) in [7, 11) is 0. The van der Waals surface area contributed by atoms with E-state index >= 15 is 0 Å². The third-order valence-electron chi connectivity index (χ3n) is 5.43. The molecular formula is C22H28N4O4. The van der Waals surface area contributed by atoms with E-state index in [4.69, 9.17) is 9.47 Å².